The minimum absolute atomic E-state index is 0.177. The number of nitrogens with two attached hydrogens (primary N) is 2. The summed E-state index contributed by atoms with van der Waals surface area (Å²) in [5.74, 6) is 1.52. The second-order valence-corrected chi connectivity index (χ2v) is 3.74. The maximum Gasteiger partial charge on any atom is 0.186 e. The number of hydrogen-bond acceptors (Lipinski definition) is 2. The van der Waals surface area contributed by atoms with Gasteiger partial charge < -0.3 is 16.2 Å². The predicted octanol–water partition coefficient (Wildman–Crippen LogP) is 0.825. The minimum Gasteiger partial charge on any atom is -0.497 e. The maximum absolute atomic E-state index is 5.33. The second kappa shape index (κ2) is 3.81. The van der Waals surface area contributed by atoms with Crippen molar-refractivity contribution in [3.8, 4) is 5.75 Å². The van der Waals surface area contributed by atoms with Gasteiger partial charge in [-0.3, -0.25) is 0 Å². The molecule has 0 aliphatic heterocycles. The number of ether oxygens (including phenoxy) is 1. The largest absolute Gasteiger partial charge is 0.497 e. The van der Waals surface area contributed by atoms with E-state index in [1.807, 2.05) is 12.1 Å². The Balaban J connectivity index is 2.04. The van der Waals surface area contributed by atoms with E-state index in [4.69, 9.17) is 16.2 Å². The van der Waals surface area contributed by atoms with Crippen LogP contribution in [-0.4, -0.2) is 19.1 Å². The Morgan fingerprint density at radius 3 is 2.53 bits per heavy atom. The highest BCUT2D eigenvalue weighted by molar-refractivity contribution is 5.76. The van der Waals surface area contributed by atoms with Crippen LogP contribution in [0.4, 0.5) is 0 Å². The van der Waals surface area contributed by atoms with Crippen LogP contribution in [0, 0.1) is 0 Å². The zero-order chi connectivity index (χ0) is 10.8. The zero-order valence-corrected chi connectivity index (χ0v) is 8.68. The number of guanidine groups is 1. The summed E-state index contributed by atoms with van der Waals surface area (Å²) in [7, 11) is 1.66. The third kappa shape index (κ3) is 2.21. The Labute approximate surface area is 88.9 Å². The van der Waals surface area contributed by atoms with Crippen molar-refractivity contribution in [3.63, 3.8) is 0 Å². The molecule has 2 atom stereocenters. The Bertz CT molecular complexity index is 368. The molecule has 15 heavy (non-hydrogen) atoms. The van der Waals surface area contributed by atoms with Gasteiger partial charge in [-0.05, 0) is 24.1 Å². The summed E-state index contributed by atoms with van der Waals surface area (Å²) in [6.45, 7) is 0. The van der Waals surface area contributed by atoms with Gasteiger partial charge in [0.25, 0.3) is 0 Å². The standard InChI is InChI=1S/C11H15N3O/c1-15-8-4-2-7(3-5-8)9-6-10(9)14-11(12)13/h2-5,9-10H,6H2,1H3,(H4,12,13,14). The van der Waals surface area contributed by atoms with Crippen LogP contribution < -0.4 is 16.2 Å². The first-order valence-corrected chi connectivity index (χ1v) is 4.93. The van der Waals surface area contributed by atoms with Crippen molar-refractivity contribution in [2.45, 2.75) is 18.4 Å². The van der Waals surface area contributed by atoms with Crippen LogP contribution >= 0.6 is 0 Å². The first kappa shape index (κ1) is 9.83. The fraction of sp³-hybridized carbons (Fsp3) is 0.364. The van der Waals surface area contributed by atoms with Crippen LogP contribution in [0.2, 0.25) is 0 Å². The summed E-state index contributed by atoms with van der Waals surface area (Å²) >= 11 is 0. The van der Waals surface area contributed by atoms with Crippen LogP contribution in [0.1, 0.15) is 17.9 Å². The lowest BCUT2D eigenvalue weighted by molar-refractivity contribution is 0.414. The summed E-state index contributed by atoms with van der Waals surface area (Å²) in [5.41, 5.74) is 11.9. The number of methoxy groups -OCH3 is 1. The van der Waals surface area contributed by atoms with E-state index in [2.05, 4.69) is 17.1 Å². The fourth-order valence-electron chi connectivity index (χ4n) is 1.73. The van der Waals surface area contributed by atoms with E-state index < -0.39 is 0 Å². The molecule has 4 nitrogen and oxygen atoms in total. The van der Waals surface area contributed by atoms with Crippen molar-refractivity contribution in [1.82, 2.24) is 0 Å². The molecular formula is C11H15N3O. The van der Waals surface area contributed by atoms with E-state index in [0.717, 1.165) is 12.2 Å². The smallest absolute Gasteiger partial charge is 0.186 e. The highest BCUT2D eigenvalue weighted by Crippen LogP contribution is 2.43. The van der Waals surface area contributed by atoms with Crippen molar-refractivity contribution in [3.05, 3.63) is 29.8 Å². The number of hydrogen-bond donors (Lipinski definition) is 2. The van der Waals surface area contributed by atoms with Crippen molar-refractivity contribution >= 4 is 5.96 Å². The number of aliphatic imine (C=N–C) groups is 1. The first-order chi connectivity index (χ1) is 7.20. The summed E-state index contributed by atoms with van der Waals surface area (Å²) in [5, 5.41) is 0. The topological polar surface area (TPSA) is 73.6 Å². The molecule has 1 aliphatic carbocycles. The third-order valence-corrected chi connectivity index (χ3v) is 2.62. The SMILES string of the molecule is COc1ccc(C2CC2N=C(N)N)cc1. The lowest BCUT2D eigenvalue weighted by Crippen LogP contribution is -2.23. The van der Waals surface area contributed by atoms with E-state index in [-0.39, 0.29) is 12.0 Å². The summed E-state index contributed by atoms with van der Waals surface area (Å²) in [6, 6.07) is 8.31. The van der Waals surface area contributed by atoms with Crippen LogP contribution in [0.25, 0.3) is 0 Å². The van der Waals surface area contributed by atoms with Crippen LogP contribution in [0.5, 0.6) is 5.75 Å². The minimum atomic E-state index is 0.177. The average Bonchev–Trinajstić information content (AvgIpc) is 2.96. The molecule has 0 radical (unpaired) electrons. The molecule has 1 fully saturated rings. The second-order valence-electron chi connectivity index (χ2n) is 3.74. The Morgan fingerprint density at radius 1 is 1.33 bits per heavy atom. The third-order valence-electron chi connectivity index (χ3n) is 2.62. The zero-order valence-electron chi connectivity index (χ0n) is 8.68. The van der Waals surface area contributed by atoms with Crippen molar-refractivity contribution in [2.24, 2.45) is 16.5 Å². The van der Waals surface area contributed by atoms with Gasteiger partial charge in [0.1, 0.15) is 5.75 Å². The van der Waals surface area contributed by atoms with Crippen molar-refractivity contribution in [1.29, 1.82) is 0 Å². The van der Waals surface area contributed by atoms with E-state index in [1.165, 1.54) is 5.56 Å². The molecule has 0 spiro atoms. The van der Waals surface area contributed by atoms with Gasteiger partial charge in [0.2, 0.25) is 0 Å². The monoisotopic (exact) mass is 205 g/mol. The van der Waals surface area contributed by atoms with Gasteiger partial charge in [-0.2, -0.15) is 0 Å². The van der Waals surface area contributed by atoms with Gasteiger partial charge in [-0.1, -0.05) is 12.1 Å². The fourth-order valence-corrected chi connectivity index (χ4v) is 1.73. The maximum atomic E-state index is 5.33. The molecule has 1 aliphatic rings. The molecule has 0 bridgehead atoms. The van der Waals surface area contributed by atoms with Crippen LogP contribution in [-0.2, 0) is 0 Å². The van der Waals surface area contributed by atoms with Crippen LogP contribution in [0.15, 0.2) is 29.3 Å². The first-order valence-electron chi connectivity index (χ1n) is 4.93. The Kier molecular flexibility index (Phi) is 2.49. The predicted molar refractivity (Wildman–Crippen MR) is 59.9 cm³/mol. The van der Waals surface area contributed by atoms with E-state index in [1.54, 1.807) is 7.11 Å². The van der Waals surface area contributed by atoms with Crippen LogP contribution in [0.3, 0.4) is 0 Å². The molecule has 1 aromatic rings. The molecule has 2 rings (SSSR count). The van der Waals surface area contributed by atoms with Crippen molar-refractivity contribution in [2.75, 3.05) is 7.11 Å². The Morgan fingerprint density at radius 2 is 2.00 bits per heavy atom. The van der Waals surface area contributed by atoms with Gasteiger partial charge >= 0.3 is 0 Å². The van der Waals surface area contributed by atoms with Gasteiger partial charge in [0.15, 0.2) is 5.96 Å². The van der Waals surface area contributed by atoms with Gasteiger partial charge in [0.05, 0.1) is 13.2 Å². The molecule has 1 aromatic carbocycles. The van der Waals surface area contributed by atoms with Gasteiger partial charge in [0, 0.05) is 5.92 Å². The highest BCUT2D eigenvalue weighted by atomic mass is 16.5. The lowest BCUT2D eigenvalue weighted by atomic mass is 10.1. The number of nitrogens with zero attached hydrogens (tertiary/aromatic N) is 1. The lowest BCUT2D eigenvalue weighted by Gasteiger charge is -2.01. The summed E-state index contributed by atoms with van der Waals surface area (Å²) in [6.07, 6.45) is 1.03. The van der Waals surface area contributed by atoms with Crippen molar-refractivity contribution < 1.29 is 4.74 Å². The van der Waals surface area contributed by atoms with E-state index in [0.29, 0.717) is 5.92 Å². The Hall–Kier alpha value is -1.71. The number of rotatable bonds is 3. The normalized spacial score (nSPS) is 23.3. The summed E-state index contributed by atoms with van der Waals surface area (Å²) in [4.78, 5) is 4.13. The molecular weight excluding hydrogens is 190 g/mol. The van der Waals surface area contributed by atoms with E-state index in [9.17, 15) is 0 Å². The summed E-state index contributed by atoms with van der Waals surface area (Å²) < 4.78 is 5.09. The van der Waals surface area contributed by atoms with Gasteiger partial charge in [-0.25, -0.2) is 4.99 Å². The van der Waals surface area contributed by atoms with E-state index >= 15 is 0 Å². The van der Waals surface area contributed by atoms with Gasteiger partial charge in [-0.15, -0.1) is 0 Å². The molecule has 4 heteroatoms. The molecule has 1 saturated carbocycles. The average molecular weight is 205 g/mol. The quantitative estimate of drug-likeness (QED) is 0.567. The molecule has 2 unspecified atom stereocenters. The molecule has 4 N–H and O–H groups in total. The molecule has 80 valence electrons. The molecule has 0 saturated heterocycles. The number of benzene rings is 1. The highest BCUT2D eigenvalue weighted by Gasteiger charge is 2.38. The molecule has 0 heterocycles. The molecule has 0 aromatic heterocycles. The molecule has 0 amide bonds.